The quantitative estimate of drug-likeness (QED) is 0.742. The van der Waals surface area contributed by atoms with Gasteiger partial charge in [-0.3, -0.25) is 0 Å². The molecule has 0 atom stereocenters. The Hall–Kier alpha value is -1.39. The van der Waals surface area contributed by atoms with Gasteiger partial charge < -0.3 is 14.2 Å². The van der Waals surface area contributed by atoms with Gasteiger partial charge in [0.1, 0.15) is 12.4 Å². The first-order valence-electron chi connectivity index (χ1n) is 7.45. The summed E-state index contributed by atoms with van der Waals surface area (Å²) < 4.78 is 7.57. The van der Waals surface area contributed by atoms with E-state index in [1.807, 2.05) is 6.07 Å². The number of para-hydroxylation sites is 2. The Balaban J connectivity index is 2.12. The highest BCUT2D eigenvalue weighted by molar-refractivity contribution is 5.75. The molecule has 2 aromatic rings. The molecular weight excluding hydrogens is 250 g/mol. The first kappa shape index (κ1) is 15.0. The van der Waals surface area contributed by atoms with Crippen LogP contribution < -0.4 is 0 Å². The van der Waals surface area contributed by atoms with Crippen LogP contribution in [0, 0.1) is 0 Å². The monoisotopic (exact) mass is 275 g/mol. The molecule has 1 aromatic heterocycles. The van der Waals surface area contributed by atoms with Crippen molar-refractivity contribution in [2.45, 2.75) is 33.4 Å². The van der Waals surface area contributed by atoms with Crippen LogP contribution in [0.5, 0.6) is 0 Å². The molecule has 0 fully saturated rings. The second-order valence-corrected chi connectivity index (χ2v) is 4.98. The number of imidazole rings is 1. The molecule has 0 spiro atoms. The molecule has 0 aliphatic rings. The van der Waals surface area contributed by atoms with E-state index in [-0.39, 0.29) is 0 Å². The Morgan fingerprint density at radius 3 is 2.65 bits per heavy atom. The fraction of sp³-hybridized carbons (Fsp3) is 0.562. The van der Waals surface area contributed by atoms with E-state index in [2.05, 4.69) is 46.5 Å². The average molecular weight is 275 g/mol. The lowest BCUT2D eigenvalue weighted by molar-refractivity contribution is 0.174. The summed E-state index contributed by atoms with van der Waals surface area (Å²) in [5.41, 5.74) is 2.27. The zero-order chi connectivity index (χ0) is 14.4. The predicted molar refractivity (Wildman–Crippen MR) is 82.9 cm³/mol. The van der Waals surface area contributed by atoms with Crippen LogP contribution in [0.2, 0.25) is 0 Å². The third-order valence-electron chi connectivity index (χ3n) is 3.76. The predicted octanol–water partition coefficient (Wildman–Crippen LogP) is 2.91. The number of nitrogens with zero attached hydrogens (tertiary/aromatic N) is 3. The van der Waals surface area contributed by atoms with Gasteiger partial charge in [0.25, 0.3) is 0 Å². The molecule has 2 rings (SSSR count). The van der Waals surface area contributed by atoms with E-state index < -0.39 is 0 Å². The molecule has 1 heterocycles. The Labute approximate surface area is 121 Å². The van der Waals surface area contributed by atoms with E-state index in [0.717, 1.165) is 43.9 Å². The Bertz CT molecular complexity index is 532. The Morgan fingerprint density at radius 2 is 1.95 bits per heavy atom. The number of hydrogen-bond donors (Lipinski definition) is 0. The van der Waals surface area contributed by atoms with Crippen molar-refractivity contribution in [2.24, 2.45) is 0 Å². The first-order chi connectivity index (χ1) is 9.80. The Morgan fingerprint density at radius 1 is 1.20 bits per heavy atom. The van der Waals surface area contributed by atoms with E-state index in [1.165, 1.54) is 5.52 Å². The zero-order valence-corrected chi connectivity index (χ0v) is 12.8. The lowest BCUT2D eigenvalue weighted by atomic mass is 10.3. The van der Waals surface area contributed by atoms with Gasteiger partial charge in [-0.25, -0.2) is 4.98 Å². The molecule has 0 aliphatic carbocycles. The van der Waals surface area contributed by atoms with Gasteiger partial charge in [-0.2, -0.15) is 0 Å². The summed E-state index contributed by atoms with van der Waals surface area (Å²) in [6, 6.07) is 8.31. The topological polar surface area (TPSA) is 30.3 Å². The minimum atomic E-state index is 0.569. The van der Waals surface area contributed by atoms with Crippen LogP contribution in [-0.4, -0.2) is 41.2 Å². The largest absolute Gasteiger partial charge is 0.377 e. The summed E-state index contributed by atoms with van der Waals surface area (Å²) in [7, 11) is 1.72. The van der Waals surface area contributed by atoms with Gasteiger partial charge in [0, 0.05) is 13.7 Å². The van der Waals surface area contributed by atoms with Crippen molar-refractivity contribution >= 4 is 11.0 Å². The maximum absolute atomic E-state index is 5.27. The normalized spacial score (nSPS) is 11.6. The maximum atomic E-state index is 5.27. The van der Waals surface area contributed by atoms with E-state index in [9.17, 15) is 0 Å². The van der Waals surface area contributed by atoms with Crippen LogP contribution in [0.25, 0.3) is 11.0 Å². The van der Waals surface area contributed by atoms with Gasteiger partial charge in [0.05, 0.1) is 11.0 Å². The molecule has 1 aromatic carbocycles. The molecule has 0 amide bonds. The fourth-order valence-electron chi connectivity index (χ4n) is 2.61. The van der Waals surface area contributed by atoms with Crippen molar-refractivity contribution in [2.75, 3.05) is 26.7 Å². The van der Waals surface area contributed by atoms with Crippen molar-refractivity contribution in [3.05, 3.63) is 30.1 Å². The molecule has 4 heteroatoms. The van der Waals surface area contributed by atoms with E-state index in [4.69, 9.17) is 4.74 Å². The molecule has 0 saturated heterocycles. The number of methoxy groups -OCH3 is 1. The van der Waals surface area contributed by atoms with Crippen LogP contribution in [0.3, 0.4) is 0 Å². The number of aromatic nitrogens is 2. The standard InChI is InChI=1S/C16H25N3O/c1-4-18(5-2)11-8-12-19-15-10-7-6-9-14(15)17-16(19)13-20-3/h6-7,9-10H,4-5,8,11-13H2,1-3H3. The van der Waals surface area contributed by atoms with Gasteiger partial charge in [0.2, 0.25) is 0 Å². The highest BCUT2D eigenvalue weighted by Crippen LogP contribution is 2.17. The maximum Gasteiger partial charge on any atom is 0.135 e. The summed E-state index contributed by atoms with van der Waals surface area (Å²) in [5, 5.41) is 0. The summed E-state index contributed by atoms with van der Waals surface area (Å²) in [5.74, 6) is 1.02. The van der Waals surface area contributed by atoms with Crippen molar-refractivity contribution in [3.8, 4) is 0 Å². The molecule has 0 saturated carbocycles. The number of aryl methyl sites for hydroxylation is 1. The summed E-state index contributed by atoms with van der Waals surface area (Å²) >= 11 is 0. The molecular formula is C16H25N3O. The second-order valence-electron chi connectivity index (χ2n) is 4.98. The van der Waals surface area contributed by atoms with E-state index in [1.54, 1.807) is 7.11 Å². The number of hydrogen-bond acceptors (Lipinski definition) is 3. The third kappa shape index (κ3) is 3.38. The molecule has 0 unspecified atom stereocenters. The van der Waals surface area contributed by atoms with E-state index >= 15 is 0 Å². The van der Waals surface area contributed by atoms with Crippen molar-refractivity contribution < 1.29 is 4.74 Å². The molecule has 0 bridgehead atoms. The van der Waals surface area contributed by atoms with Crippen LogP contribution in [0.15, 0.2) is 24.3 Å². The highest BCUT2D eigenvalue weighted by Gasteiger charge is 2.10. The molecule has 110 valence electrons. The average Bonchev–Trinajstić information content (AvgIpc) is 2.82. The van der Waals surface area contributed by atoms with Gasteiger partial charge in [0.15, 0.2) is 0 Å². The number of ether oxygens (including phenoxy) is 1. The highest BCUT2D eigenvalue weighted by atomic mass is 16.5. The molecule has 0 radical (unpaired) electrons. The minimum Gasteiger partial charge on any atom is -0.377 e. The SMILES string of the molecule is CCN(CC)CCCn1c(COC)nc2ccccc21. The molecule has 20 heavy (non-hydrogen) atoms. The first-order valence-corrected chi connectivity index (χ1v) is 7.45. The number of fused-ring (bicyclic) bond motifs is 1. The third-order valence-corrected chi connectivity index (χ3v) is 3.76. The molecule has 4 nitrogen and oxygen atoms in total. The van der Waals surface area contributed by atoms with Crippen molar-refractivity contribution in [1.29, 1.82) is 0 Å². The van der Waals surface area contributed by atoms with Crippen molar-refractivity contribution in [1.82, 2.24) is 14.5 Å². The molecule has 0 N–H and O–H groups in total. The van der Waals surface area contributed by atoms with Crippen LogP contribution in [0.1, 0.15) is 26.1 Å². The minimum absolute atomic E-state index is 0.569. The molecule has 0 aliphatic heterocycles. The number of benzene rings is 1. The van der Waals surface area contributed by atoms with E-state index in [0.29, 0.717) is 6.61 Å². The van der Waals surface area contributed by atoms with Gasteiger partial charge >= 0.3 is 0 Å². The van der Waals surface area contributed by atoms with Crippen LogP contribution >= 0.6 is 0 Å². The summed E-state index contributed by atoms with van der Waals surface area (Å²) in [6.07, 6.45) is 1.14. The van der Waals surface area contributed by atoms with Crippen LogP contribution in [-0.2, 0) is 17.9 Å². The lowest BCUT2D eigenvalue weighted by Crippen LogP contribution is -2.25. The van der Waals surface area contributed by atoms with Gasteiger partial charge in [-0.1, -0.05) is 26.0 Å². The smallest absolute Gasteiger partial charge is 0.135 e. The summed E-state index contributed by atoms with van der Waals surface area (Å²) in [4.78, 5) is 7.12. The lowest BCUT2D eigenvalue weighted by Gasteiger charge is -2.18. The zero-order valence-electron chi connectivity index (χ0n) is 12.8. The summed E-state index contributed by atoms with van der Waals surface area (Å²) in [6.45, 7) is 9.36. The fourth-order valence-corrected chi connectivity index (χ4v) is 2.61. The van der Waals surface area contributed by atoms with Gasteiger partial charge in [-0.15, -0.1) is 0 Å². The van der Waals surface area contributed by atoms with Crippen molar-refractivity contribution in [3.63, 3.8) is 0 Å². The van der Waals surface area contributed by atoms with Gasteiger partial charge in [-0.05, 0) is 38.2 Å². The Kier molecular flexibility index (Phi) is 5.56. The number of rotatable bonds is 8. The second kappa shape index (κ2) is 7.41. The van der Waals surface area contributed by atoms with Crippen LogP contribution in [0.4, 0.5) is 0 Å².